The maximum absolute atomic E-state index is 10.0. The lowest BCUT2D eigenvalue weighted by atomic mass is 9.79. The summed E-state index contributed by atoms with van der Waals surface area (Å²) < 4.78 is 0. The van der Waals surface area contributed by atoms with Crippen molar-refractivity contribution in [2.75, 3.05) is 0 Å². The van der Waals surface area contributed by atoms with E-state index in [0.29, 0.717) is 0 Å². The van der Waals surface area contributed by atoms with Crippen LogP contribution in [0.4, 0.5) is 0 Å². The van der Waals surface area contributed by atoms with Gasteiger partial charge in [-0.1, -0.05) is 0 Å². The SMILES string of the molecule is CC(C)(O)C(C)(C)NC(C)(C)C(C)(C)O.II. The smallest absolute Gasteiger partial charge is 0.0767 e. The molecule has 3 nitrogen and oxygen atoms in total. The molecule has 0 aliphatic rings. The van der Waals surface area contributed by atoms with Crippen LogP contribution in [0.5, 0.6) is 0 Å². The van der Waals surface area contributed by atoms with Gasteiger partial charge in [-0.05, 0) is 55.4 Å². The van der Waals surface area contributed by atoms with Crippen molar-refractivity contribution in [1.82, 2.24) is 5.32 Å². The van der Waals surface area contributed by atoms with Crippen molar-refractivity contribution in [1.29, 1.82) is 0 Å². The Labute approximate surface area is 129 Å². The van der Waals surface area contributed by atoms with Crippen molar-refractivity contribution in [3.63, 3.8) is 0 Å². The zero-order chi connectivity index (χ0) is 14.7. The first-order chi connectivity index (χ1) is 7.21. The maximum Gasteiger partial charge on any atom is 0.0767 e. The molecule has 106 valence electrons. The minimum atomic E-state index is -0.852. The molecule has 5 heteroatoms. The molecule has 0 heterocycles. The topological polar surface area (TPSA) is 52.5 Å². The van der Waals surface area contributed by atoms with E-state index in [2.05, 4.69) is 42.5 Å². The van der Waals surface area contributed by atoms with Gasteiger partial charge >= 0.3 is 0 Å². The van der Waals surface area contributed by atoms with Gasteiger partial charge in [-0.2, -0.15) is 0 Å². The van der Waals surface area contributed by atoms with Crippen LogP contribution in [0.3, 0.4) is 0 Å². The van der Waals surface area contributed by atoms with Crippen LogP contribution in [0.1, 0.15) is 55.4 Å². The predicted octanol–water partition coefficient (Wildman–Crippen LogP) is 3.45. The van der Waals surface area contributed by atoms with E-state index in [4.69, 9.17) is 0 Å². The Morgan fingerprint density at radius 1 is 0.647 bits per heavy atom. The van der Waals surface area contributed by atoms with Crippen molar-refractivity contribution in [2.45, 2.75) is 77.7 Å². The molecule has 0 saturated heterocycles. The highest BCUT2D eigenvalue weighted by atomic mass is 128. The number of aliphatic hydroxyl groups is 2. The molecule has 0 spiro atoms. The molecule has 0 aromatic carbocycles. The largest absolute Gasteiger partial charge is 0.389 e. The molecule has 0 rings (SSSR count). The first-order valence-corrected chi connectivity index (χ1v) is 11.9. The lowest BCUT2D eigenvalue weighted by Crippen LogP contribution is -2.67. The molecular weight excluding hydrogens is 444 g/mol. The predicted molar refractivity (Wildman–Crippen MR) is 91.9 cm³/mol. The maximum atomic E-state index is 10.0. The van der Waals surface area contributed by atoms with Crippen molar-refractivity contribution in [3.8, 4) is 0 Å². The number of hydrogen-bond acceptors (Lipinski definition) is 3. The quantitative estimate of drug-likeness (QED) is 0.551. The van der Waals surface area contributed by atoms with E-state index in [-0.39, 0.29) is 0 Å². The molecule has 0 radical (unpaired) electrons. The van der Waals surface area contributed by atoms with Gasteiger partial charge in [0, 0.05) is 48.3 Å². The summed E-state index contributed by atoms with van der Waals surface area (Å²) >= 11 is 4.24. The van der Waals surface area contributed by atoms with Gasteiger partial charge in [-0.3, -0.25) is 0 Å². The Hall–Kier alpha value is 1.34. The van der Waals surface area contributed by atoms with Crippen LogP contribution in [-0.4, -0.2) is 32.5 Å². The Balaban J connectivity index is 0. The molecule has 0 aliphatic carbocycles. The van der Waals surface area contributed by atoms with E-state index >= 15 is 0 Å². The summed E-state index contributed by atoms with van der Waals surface area (Å²) in [6.45, 7) is 14.8. The molecule has 0 bridgehead atoms. The van der Waals surface area contributed by atoms with Crippen LogP contribution in [0.15, 0.2) is 0 Å². The second-order valence-electron chi connectivity index (χ2n) is 6.49. The van der Waals surface area contributed by atoms with Gasteiger partial charge in [0.15, 0.2) is 0 Å². The summed E-state index contributed by atoms with van der Waals surface area (Å²) in [6.07, 6.45) is 0. The van der Waals surface area contributed by atoms with Crippen molar-refractivity contribution < 1.29 is 10.2 Å². The number of rotatable bonds is 4. The Morgan fingerprint density at radius 2 is 0.824 bits per heavy atom. The summed E-state index contributed by atoms with van der Waals surface area (Å²) in [7, 11) is 0. The third-order valence-corrected chi connectivity index (χ3v) is 3.68. The molecule has 0 atom stereocenters. The molecule has 0 aromatic heterocycles. The van der Waals surface area contributed by atoms with Gasteiger partial charge in [0.05, 0.1) is 11.2 Å². The van der Waals surface area contributed by atoms with Crippen molar-refractivity contribution >= 4 is 37.2 Å². The first-order valence-electron chi connectivity index (χ1n) is 5.59. The second kappa shape index (κ2) is 6.67. The Morgan fingerprint density at radius 3 is 0.941 bits per heavy atom. The summed E-state index contributed by atoms with van der Waals surface area (Å²) in [4.78, 5) is 0. The lowest BCUT2D eigenvalue weighted by molar-refractivity contribution is -0.0631. The second-order valence-corrected chi connectivity index (χ2v) is 6.49. The number of hydrogen-bond donors (Lipinski definition) is 3. The van der Waals surface area contributed by atoms with Crippen LogP contribution in [0, 0.1) is 0 Å². The first kappa shape index (κ1) is 20.7. The normalized spacial score (nSPS) is 14.1. The van der Waals surface area contributed by atoms with Gasteiger partial charge in [0.1, 0.15) is 0 Å². The lowest BCUT2D eigenvalue weighted by Gasteiger charge is -2.48. The fourth-order valence-electron chi connectivity index (χ4n) is 1.09. The van der Waals surface area contributed by atoms with Crippen molar-refractivity contribution in [2.24, 2.45) is 0 Å². The zero-order valence-electron chi connectivity index (χ0n) is 12.2. The van der Waals surface area contributed by atoms with E-state index in [0.717, 1.165) is 0 Å². The standard InChI is InChI=1S/C12H27NO2.I2/c1-9(2,11(5,6)14)13-10(3,4)12(7,8)15;1-2/h13-15H,1-8H3;. The van der Waals surface area contributed by atoms with Crippen LogP contribution in [0.25, 0.3) is 0 Å². The van der Waals surface area contributed by atoms with Crippen LogP contribution >= 0.6 is 37.2 Å². The zero-order valence-corrected chi connectivity index (χ0v) is 16.5. The molecule has 0 saturated carbocycles. The van der Waals surface area contributed by atoms with Crippen LogP contribution in [0.2, 0.25) is 0 Å². The third kappa shape index (κ3) is 6.35. The average molecular weight is 471 g/mol. The number of halogens is 2. The Kier molecular flexibility index (Phi) is 8.11. The molecule has 3 N–H and O–H groups in total. The van der Waals surface area contributed by atoms with Crippen LogP contribution in [-0.2, 0) is 0 Å². The molecule has 17 heavy (non-hydrogen) atoms. The molecule has 0 amide bonds. The third-order valence-electron chi connectivity index (χ3n) is 3.68. The molecular formula is C12H27I2NO2. The fourth-order valence-corrected chi connectivity index (χ4v) is 1.09. The monoisotopic (exact) mass is 471 g/mol. The highest BCUT2D eigenvalue weighted by Crippen LogP contribution is 2.28. The van der Waals surface area contributed by atoms with Gasteiger partial charge in [-0.25, -0.2) is 0 Å². The van der Waals surface area contributed by atoms with E-state index in [9.17, 15) is 10.2 Å². The van der Waals surface area contributed by atoms with Crippen molar-refractivity contribution in [3.05, 3.63) is 0 Å². The highest BCUT2D eigenvalue weighted by molar-refractivity contribution is 15.0. The van der Waals surface area contributed by atoms with Crippen LogP contribution < -0.4 is 5.32 Å². The minimum Gasteiger partial charge on any atom is -0.389 e. The summed E-state index contributed by atoms with van der Waals surface area (Å²) in [5.41, 5.74) is -2.65. The van der Waals surface area contributed by atoms with E-state index in [1.54, 1.807) is 27.7 Å². The fraction of sp³-hybridized carbons (Fsp3) is 1.00. The van der Waals surface area contributed by atoms with Gasteiger partial charge < -0.3 is 15.5 Å². The molecule has 0 aromatic rings. The Bertz CT molecular complexity index is 204. The number of nitrogens with one attached hydrogen (secondary N) is 1. The van der Waals surface area contributed by atoms with Gasteiger partial charge in [0.2, 0.25) is 0 Å². The minimum absolute atomic E-state index is 0.476. The van der Waals surface area contributed by atoms with E-state index in [1.165, 1.54) is 0 Å². The summed E-state index contributed by atoms with van der Waals surface area (Å²) in [5, 5.41) is 23.4. The highest BCUT2D eigenvalue weighted by Gasteiger charge is 2.44. The van der Waals surface area contributed by atoms with E-state index in [1.807, 2.05) is 27.7 Å². The molecule has 0 aliphatic heterocycles. The average Bonchev–Trinajstić information content (AvgIpc) is 2.01. The summed E-state index contributed by atoms with van der Waals surface area (Å²) in [5.74, 6) is 0. The summed E-state index contributed by atoms with van der Waals surface area (Å²) in [6, 6.07) is 0. The molecule has 0 fully saturated rings. The molecule has 0 unspecified atom stereocenters. The van der Waals surface area contributed by atoms with Gasteiger partial charge in [-0.15, -0.1) is 0 Å². The van der Waals surface area contributed by atoms with E-state index < -0.39 is 22.3 Å². The van der Waals surface area contributed by atoms with Gasteiger partial charge in [0.25, 0.3) is 0 Å².